The van der Waals surface area contributed by atoms with Crippen molar-refractivity contribution in [2.24, 2.45) is 0 Å². The van der Waals surface area contributed by atoms with Gasteiger partial charge in [0.2, 0.25) is 10.0 Å². The second-order valence-corrected chi connectivity index (χ2v) is 7.12. The monoisotopic (exact) mass is 320 g/mol. The van der Waals surface area contributed by atoms with Crippen LogP contribution in [0.1, 0.15) is 22.5 Å². The summed E-state index contributed by atoms with van der Waals surface area (Å²) in [5.41, 5.74) is 2.13. The van der Waals surface area contributed by atoms with Crippen molar-refractivity contribution in [1.82, 2.24) is 0 Å². The van der Waals surface area contributed by atoms with Crippen molar-refractivity contribution in [1.29, 1.82) is 0 Å². The second-order valence-electron chi connectivity index (χ2n) is 5.21. The van der Waals surface area contributed by atoms with Gasteiger partial charge < -0.3 is 9.73 Å². The zero-order valence-electron chi connectivity index (χ0n) is 12.1. The van der Waals surface area contributed by atoms with Crippen molar-refractivity contribution in [3.05, 3.63) is 47.9 Å². The molecule has 22 heavy (non-hydrogen) atoms. The first kappa shape index (κ1) is 14.6. The maximum Gasteiger partial charge on any atom is 0.291 e. The lowest BCUT2D eigenvalue weighted by atomic mass is 10.0. The van der Waals surface area contributed by atoms with E-state index in [1.165, 1.54) is 16.8 Å². The van der Waals surface area contributed by atoms with Gasteiger partial charge in [-0.25, -0.2) is 8.42 Å². The molecule has 116 valence electrons. The quantitative estimate of drug-likeness (QED) is 0.940. The molecule has 1 aromatic heterocycles. The van der Waals surface area contributed by atoms with Crippen LogP contribution in [0.25, 0.3) is 0 Å². The van der Waals surface area contributed by atoms with Crippen LogP contribution >= 0.6 is 0 Å². The Balaban J connectivity index is 1.91. The van der Waals surface area contributed by atoms with Gasteiger partial charge in [-0.1, -0.05) is 6.07 Å². The van der Waals surface area contributed by atoms with E-state index in [1.54, 1.807) is 24.3 Å². The molecule has 7 heteroatoms. The number of nitrogens with one attached hydrogen (secondary N) is 1. The summed E-state index contributed by atoms with van der Waals surface area (Å²) < 4.78 is 30.2. The van der Waals surface area contributed by atoms with Gasteiger partial charge in [0.25, 0.3) is 5.91 Å². The number of nitrogens with zero attached hydrogens (tertiary/aromatic N) is 1. The van der Waals surface area contributed by atoms with Gasteiger partial charge in [-0.15, -0.1) is 0 Å². The fourth-order valence-corrected chi connectivity index (χ4v) is 3.55. The third kappa shape index (κ3) is 2.85. The highest BCUT2D eigenvalue weighted by molar-refractivity contribution is 7.92. The van der Waals surface area contributed by atoms with Gasteiger partial charge in [0.05, 0.1) is 18.2 Å². The zero-order valence-corrected chi connectivity index (χ0v) is 12.9. The summed E-state index contributed by atoms with van der Waals surface area (Å²) in [7, 11) is -3.33. The molecule has 0 atom stereocenters. The molecule has 1 N–H and O–H groups in total. The fraction of sp³-hybridized carbons (Fsp3) is 0.267. The summed E-state index contributed by atoms with van der Waals surface area (Å²) in [6.07, 6.45) is 4.23. The molecule has 0 saturated heterocycles. The van der Waals surface area contributed by atoms with Gasteiger partial charge in [0, 0.05) is 12.2 Å². The number of hydrogen-bond donors (Lipinski definition) is 1. The third-order valence-electron chi connectivity index (χ3n) is 3.56. The summed E-state index contributed by atoms with van der Waals surface area (Å²) in [5, 5.41) is 2.71. The number of carbonyl (C=O) groups excluding carboxylic acids is 1. The molecule has 2 heterocycles. The number of aryl methyl sites for hydroxylation is 1. The average Bonchev–Trinajstić information content (AvgIpc) is 2.99. The Hall–Kier alpha value is -2.28. The van der Waals surface area contributed by atoms with E-state index in [-0.39, 0.29) is 11.7 Å². The molecular formula is C15H16N2O4S. The molecule has 2 aromatic rings. The lowest BCUT2D eigenvalue weighted by molar-refractivity contribution is 0.0996. The van der Waals surface area contributed by atoms with Crippen molar-refractivity contribution < 1.29 is 17.6 Å². The predicted octanol–water partition coefficient (Wildman–Crippen LogP) is 2.24. The molecule has 6 nitrogen and oxygen atoms in total. The standard InChI is InChI=1S/C15H16N2O4S/c1-22(19,20)17-8-2-4-11-6-7-12(10-13(11)17)16-15(18)14-5-3-9-21-14/h3,5-7,9-10H,2,4,8H2,1H3,(H,16,18). The number of amides is 1. The maximum atomic E-state index is 12.0. The molecule has 1 amide bonds. The Morgan fingerprint density at radius 1 is 1.32 bits per heavy atom. The van der Waals surface area contributed by atoms with E-state index in [0.29, 0.717) is 17.9 Å². The molecule has 0 aliphatic carbocycles. The molecule has 0 spiro atoms. The normalized spacial score (nSPS) is 14.5. The van der Waals surface area contributed by atoms with Crippen LogP contribution in [0.4, 0.5) is 11.4 Å². The topological polar surface area (TPSA) is 79.6 Å². The van der Waals surface area contributed by atoms with E-state index in [9.17, 15) is 13.2 Å². The second kappa shape index (κ2) is 5.49. The Labute approximate surface area is 128 Å². The minimum absolute atomic E-state index is 0.206. The highest BCUT2D eigenvalue weighted by Gasteiger charge is 2.24. The van der Waals surface area contributed by atoms with Crippen molar-refractivity contribution in [3.63, 3.8) is 0 Å². The first-order chi connectivity index (χ1) is 10.4. The van der Waals surface area contributed by atoms with Gasteiger partial charge in [0.15, 0.2) is 5.76 Å². The van der Waals surface area contributed by atoms with Crippen molar-refractivity contribution in [3.8, 4) is 0 Å². The zero-order chi connectivity index (χ0) is 15.7. The smallest absolute Gasteiger partial charge is 0.291 e. The Morgan fingerprint density at radius 3 is 2.82 bits per heavy atom. The maximum absolute atomic E-state index is 12.0. The highest BCUT2D eigenvalue weighted by Crippen LogP contribution is 2.31. The van der Waals surface area contributed by atoms with Crippen LogP contribution in [-0.4, -0.2) is 27.1 Å². The number of hydrogen-bond acceptors (Lipinski definition) is 4. The van der Waals surface area contributed by atoms with Crippen LogP contribution in [0.3, 0.4) is 0 Å². The number of furan rings is 1. The van der Waals surface area contributed by atoms with E-state index >= 15 is 0 Å². The largest absolute Gasteiger partial charge is 0.459 e. The molecule has 1 aromatic carbocycles. The minimum atomic E-state index is -3.33. The van der Waals surface area contributed by atoms with Crippen molar-refractivity contribution in [2.75, 3.05) is 22.4 Å². The lowest BCUT2D eigenvalue weighted by Gasteiger charge is -2.29. The minimum Gasteiger partial charge on any atom is -0.459 e. The van der Waals surface area contributed by atoms with Crippen LogP contribution in [-0.2, 0) is 16.4 Å². The van der Waals surface area contributed by atoms with Crippen LogP contribution < -0.4 is 9.62 Å². The van der Waals surface area contributed by atoms with Gasteiger partial charge in [-0.2, -0.15) is 0 Å². The SMILES string of the molecule is CS(=O)(=O)N1CCCc2ccc(NC(=O)c3ccco3)cc21. The van der Waals surface area contributed by atoms with Gasteiger partial charge in [-0.05, 0) is 42.7 Å². The number of carbonyl (C=O) groups is 1. The predicted molar refractivity (Wildman–Crippen MR) is 83.6 cm³/mol. The number of sulfonamides is 1. The van der Waals surface area contributed by atoms with Gasteiger partial charge in [0.1, 0.15) is 0 Å². The molecule has 3 rings (SSSR count). The van der Waals surface area contributed by atoms with Crippen molar-refractivity contribution >= 4 is 27.3 Å². The molecular weight excluding hydrogens is 304 g/mol. The number of fused-ring (bicyclic) bond motifs is 1. The highest BCUT2D eigenvalue weighted by atomic mass is 32.2. The van der Waals surface area contributed by atoms with Crippen LogP contribution in [0.5, 0.6) is 0 Å². The van der Waals surface area contributed by atoms with E-state index in [0.717, 1.165) is 18.4 Å². The van der Waals surface area contributed by atoms with Crippen LogP contribution in [0.15, 0.2) is 41.0 Å². The van der Waals surface area contributed by atoms with Crippen molar-refractivity contribution in [2.45, 2.75) is 12.8 Å². The van der Waals surface area contributed by atoms with Gasteiger partial charge in [-0.3, -0.25) is 9.10 Å². The molecule has 1 aliphatic rings. The van der Waals surface area contributed by atoms with Crippen LogP contribution in [0.2, 0.25) is 0 Å². The molecule has 0 unspecified atom stereocenters. The number of rotatable bonds is 3. The Bertz CT molecular complexity index is 797. The van der Waals surface area contributed by atoms with E-state index in [2.05, 4.69) is 5.32 Å². The lowest BCUT2D eigenvalue weighted by Crippen LogP contribution is -2.34. The molecule has 0 bridgehead atoms. The van der Waals surface area contributed by atoms with E-state index in [4.69, 9.17) is 4.42 Å². The summed E-state index contributed by atoms with van der Waals surface area (Å²) in [6, 6.07) is 8.51. The third-order valence-corrected chi connectivity index (χ3v) is 4.74. The molecule has 0 fully saturated rings. The molecule has 1 aliphatic heterocycles. The number of anilines is 2. The fourth-order valence-electron chi connectivity index (χ4n) is 2.56. The summed E-state index contributed by atoms with van der Waals surface area (Å²) in [5.74, 6) is -0.163. The van der Waals surface area contributed by atoms with E-state index in [1.807, 2.05) is 6.07 Å². The average molecular weight is 320 g/mol. The molecule has 0 radical (unpaired) electrons. The number of benzene rings is 1. The summed E-state index contributed by atoms with van der Waals surface area (Å²) >= 11 is 0. The Kier molecular flexibility index (Phi) is 3.66. The van der Waals surface area contributed by atoms with Gasteiger partial charge >= 0.3 is 0 Å². The van der Waals surface area contributed by atoms with E-state index < -0.39 is 10.0 Å². The summed E-state index contributed by atoms with van der Waals surface area (Å²) in [4.78, 5) is 12.0. The Morgan fingerprint density at radius 2 is 2.14 bits per heavy atom. The summed E-state index contributed by atoms with van der Waals surface area (Å²) in [6.45, 7) is 0.460. The first-order valence-corrected chi connectivity index (χ1v) is 8.75. The molecule has 0 saturated carbocycles. The van der Waals surface area contributed by atoms with Crippen LogP contribution in [0, 0.1) is 0 Å². The first-order valence-electron chi connectivity index (χ1n) is 6.90.